The van der Waals surface area contributed by atoms with Crippen molar-refractivity contribution in [1.29, 1.82) is 0 Å². The lowest BCUT2D eigenvalue weighted by molar-refractivity contribution is -0.164. The summed E-state index contributed by atoms with van der Waals surface area (Å²) in [5, 5.41) is 0. The highest BCUT2D eigenvalue weighted by Gasteiger charge is 2.34. The average Bonchev–Trinajstić information content (AvgIpc) is 2.50. The van der Waals surface area contributed by atoms with Gasteiger partial charge < -0.3 is 9.47 Å². The summed E-state index contributed by atoms with van der Waals surface area (Å²) in [6.07, 6.45) is 11.0. The number of ether oxygens (including phenoxy) is 2. The monoisotopic (exact) mass is 298 g/mol. The molecule has 0 bridgehead atoms. The first-order chi connectivity index (χ1) is 10.1. The Morgan fingerprint density at radius 2 is 1.57 bits per heavy atom. The Morgan fingerprint density at radius 3 is 2.14 bits per heavy atom. The van der Waals surface area contributed by atoms with Crippen molar-refractivity contribution < 1.29 is 19.1 Å². The lowest BCUT2D eigenvalue weighted by atomic mass is 9.81. The highest BCUT2D eigenvalue weighted by atomic mass is 16.6. The maximum absolute atomic E-state index is 12.1. The maximum Gasteiger partial charge on any atom is 0.306 e. The van der Waals surface area contributed by atoms with Crippen LogP contribution < -0.4 is 0 Å². The first kappa shape index (κ1) is 18.0. The van der Waals surface area contributed by atoms with E-state index in [0.717, 1.165) is 32.1 Å². The van der Waals surface area contributed by atoms with E-state index in [-0.39, 0.29) is 17.5 Å². The largest absolute Gasteiger partial charge is 0.469 e. The number of hydrogen-bond donors (Lipinski definition) is 0. The second-order valence-electron chi connectivity index (χ2n) is 6.10. The summed E-state index contributed by atoms with van der Waals surface area (Å²) in [7, 11) is 1.39. The number of carbonyl (C=O) groups is 2. The van der Waals surface area contributed by atoms with Crippen molar-refractivity contribution in [2.24, 2.45) is 0 Å². The molecule has 0 aromatic carbocycles. The Morgan fingerprint density at radius 1 is 0.952 bits per heavy atom. The van der Waals surface area contributed by atoms with Crippen LogP contribution in [-0.4, -0.2) is 24.6 Å². The molecule has 0 aliphatic heterocycles. The first-order valence-corrected chi connectivity index (χ1v) is 8.40. The molecular weight excluding hydrogens is 268 g/mol. The van der Waals surface area contributed by atoms with Crippen LogP contribution in [0.1, 0.15) is 84.0 Å². The van der Waals surface area contributed by atoms with Crippen molar-refractivity contribution >= 4 is 11.9 Å². The lowest BCUT2D eigenvalue weighted by Gasteiger charge is -2.37. The molecule has 1 aliphatic carbocycles. The van der Waals surface area contributed by atoms with Crippen LogP contribution in [0.3, 0.4) is 0 Å². The zero-order chi connectivity index (χ0) is 15.6. The summed E-state index contributed by atoms with van der Waals surface area (Å²) in [5.74, 6) is -0.312. The molecule has 1 saturated carbocycles. The van der Waals surface area contributed by atoms with Crippen molar-refractivity contribution in [2.45, 2.75) is 89.6 Å². The van der Waals surface area contributed by atoms with Crippen LogP contribution >= 0.6 is 0 Å². The summed E-state index contributed by atoms with van der Waals surface area (Å²) >= 11 is 0. The van der Waals surface area contributed by atoms with Gasteiger partial charge in [0.25, 0.3) is 0 Å². The molecule has 4 nitrogen and oxygen atoms in total. The summed E-state index contributed by atoms with van der Waals surface area (Å²) in [6.45, 7) is 2.17. The Labute approximate surface area is 128 Å². The van der Waals surface area contributed by atoms with Gasteiger partial charge in [-0.05, 0) is 51.4 Å². The smallest absolute Gasteiger partial charge is 0.306 e. The van der Waals surface area contributed by atoms with Crippen LogP contribution in [0.4, 0.5) is 0 Å². The van der Waals surface area contributed by atoms with Gasteiger partial charge in [-0.3, -0.25) is 9.59 Å². The number of rotatable bonds is 9. The van der Waals surface area contributed by atoms with Gasteiger partial charge >= 0.3 is 11.9 Å². The van der Waals surface area contributed by atoms with E-state index in [1.54, 1.807) is 0 Å². The molecule has 1 rings (SSSR count). The van der Waals surface area contributed by atoms with Gasteiger partial charge in [0, 0.05) is 12.8 Å². The van der Waals surface area contributed by atoms with Crippen molar-refractivity contribution in [1.82, 2.24) is 0 Å². The van der Waals surface area contributed by atoms with Gasteiger partial charge in [0.15, 0.2) is 0 Å². The Hall–Kier alpha value is -1.06. The van der Waals surface area contributed by atoms with Gasteiger partial charge in [-0.1, -0.05) is 19.8 Å². The van der Waals surface area contributed by atoms with E-state index in [1.807, 2.05) is 0 Å². The second-order valence-corrected chi connectivity index (χ2v) is 6.10. The molecule has 0 heterocycles. The highest BCUT2D eigenvalue weighted by Crippen LogP contribution is 2.36. The van der Waals surface area contributed by atoms with Gasteiger partial charge in [-0.25, -0.2) is 0 Å². The number of carbonyl (C=O) groups excluding carboxylic acids is 2. The van der Waals surface area contributed by atoms with E-state index in [2.05, 4.69) is 11.7 Å². The van der Waals surface area contributed by atoms with Crippen LogP contribution in [0.2, 0.25) is 0 Å². The first-order valence-electron chi connectivity index (χ1n) is 8.40. The molecule has 0 unspecified atom stereocenters. The molecule has 0 saturated heterocycles. The summed E-state index contributed by atoms with van der Waals surface area (Å²) in [5.41, 5.74) is -0.201. The Kier molecular flexibility index (Phi) is 8.40. The lowest BCUT2D eigenvalue weighted by Crippen LogP contribution is -2.37. The van der Waals surface area contributed by atoms with Gasteiger partial charge in [0.2, 0.25) is 0 Å². The molecule has 122 valence electrons. The van der Waals surface area contributed by atoms with Crippen LogP contribution in [0.25, 0.3) is 0 Å². The fourth-order valence-electron chi connectivity index (χ4n) is 3.03. The molecule has 0 N–H and O–H groups in total. The van der Waals surface area contributed by atoms with Crippen LogP contribution in [-0.2, 0) is 19.1 Å². The molecular formula is C17H30O4. The second kappa shape index (κ2) is 9.80. The van der Waals surface area contributed by atoms with Crippen LogP contribution in [0.15, 0.2) is 0 Å². The predicted molar refractivity (Wildman–Crippen MR) is 81.9 cm³/mol. The molecule has 4 heteroatoms. The van der Waals surface area contributed by atoms with Gasteiger partial charge in [-0.15, -0.1) is 0 Å². The third-order valence-corrected chi connectivity index (χ3v) is 4.32. The molecule has 1 aliphatic rings. The molecule has 0 aromatic heterocycles. The van der Waals surface area contributed by atoms with Gasteiger partial charge in [0.1, 0.15) is 5.60 Å². The van der Waals surface area contributed by atoms with E-state index in [9.17, 15) is 9.59 Å². The van der Waals surface area contributed by atoms with Gasteiger partial charge in [0.05, 0.1) is 7.11 Å². The predicted octanol–water partition coefficient (Wildman–Crippen LogP) is 4.16. The molecule has 1 fully saturated rings. The molecule has 0 spiro atoms. The number of esters is 2. The average molecular weight is 298 g/mol. The van der Waals surface area contributed by atoms with Gasteiger partial charge in [-0.2, -0.15) is 0 Å². The minimum absolute atomic E-state index is 0.0992. The third kappa shape index (κ3) is 6.96. The number of methoxy groups -OCH3 is 1. The van der Waals surface area contributed by atoms with Crippen molar-refractivity contribution in [3.8, 4) is 0 Å². The Bertz CT molecular complexity index is 319. The molecule has 21 heavy (non-hydrogen) atoms. The molecule has 0 aromatic rings. The van der Waals surface area contributed by atoms with Crippen molar-refractivity contribution in [3.63, 3.8) is 0 Å². The molecule has 0 atom stereocenters. The minimum Gasteiger partial charge on any atom is -0.469 e. The normalized spacial score (nSPS) is 17.2. The van der Waals surface area contributed by atoms with Crippen molar-refractivity contribution in [2.75, 3.05) is 7.11 Å². The zero-order valence-corrected chi connectivity index (χ0v) is 13.6. The molecule has 0 amide bonds. The maximum atomic E-state index is 12.1. The summed E-state index contributed by atoms with van der Waals surface area (Å²) < 4.78 is 10.4. The Balaban J connectivity index is 2.32. The third-order valence-electron chi connectivity index (χ3n) is 4.32. The van der Waals surface area contributed by atoms with E-state index >= 15 is 0 Å². The zero-order valence-electron chi connectivity index (χ0n) is 13.6. The SMILES string of the molecule is CCCCC1(OC(=O)CCCCC(=O)OC)CCCCC1. The van der Waals surface area contributed by atoms with Crippen LogP contribution in [0.5, 0.6) is 0 Å². The van der Waals surface area contributed by atoms with E-state index in [0.29, 0.717) is 25.7 Å². The summed E-state index contributed by atoms with van der Waals surface area (Å²) in [6, 6.07) is 0. The topological polar surface area (TPSA) is 52.6 Å². The van der Waals surface area contributed by atoms with E-state index in [4.69, 9.17) is 4.74 Å². The fraction of sp³-hybridized carbons (Fsp3) is 0.882. The standard InChI is InChI=1S/C17H30O4/c1-3-4-12-17(13-8-5-9-14-17)21-16(19)11-7-6-10-15(18)20-2/h3-14H2,1-2H3. The summed E-state index contributed by atoms with van der Waals surface area (Å²) in [4.78, 5) is 23.1. The van der Waals surface area contributed by atoms with E-state index in [1.165, 1.54) is 26.4 Å². The number of unbranched alkanes of at least 4 members (excludes halogenated alkanes) is 2. The molecule has 0 radical (unpaired) electrons. The van der Waals surface area contributed by atoms with E-state index < -0.39 is 0 Å². The quantitative estimate of drug-likeness (QED) is 0.474. The highest BCUT2D eigenvalue weighted by molar-refractivity contribution is 5.70. The fourth-order valence-corrected chi connectivity index (χ4v) is 3.03. The van der Waals surface area contributed by atoms with Crippen molar-refractivity contribution in [3.05, 3.63) is 0 Å². The minimum atomic E-state index is -0.213. The van der Waals surface area contributed by atoms with Crippen LogP contribution in [0, 0.1) is 0 Å². The number of hydrogen-bond acceptors (Lipinski definition) is 4.